The van der Waals surface area contributed by atoms with Crippen LogP contribution in [0, 0.1) is 18.2 Å². The van der Waals surface area contributed by atoms with E-state index in [1.165, 1.54) is 29.4 Å². The van der Waals surface area contributed by atoms with Gasteiger partial charge in [-0.05, 0) is 86.2 Å². The molecule has 82 heavy (non-hydrogen) atoms. The molecule has 3 atom stereocenters. The maximum Gasteiger partial charge on any atom is 0.247 e. The Bertz CT molecular complexity index is 3020. The molecule has 0 unspecified atom stereocenters. The van der Waals surface area contributed by atoms with Gasteiger partial charge in [-0.1, -0.05) is 63.2 Å². The molecule has 0 radical (unpaired) electrons. The number of nitrogens with one attached hydrogen (secondary N) is 4. The fourth-order valence-corrected chi connectivity index (χ4v) is 11.4. The number of aromatic nitrogens is 3. The Morgan fingerprint density at radius 3 is 2.33 bits per heavy atom. The zero-order chi connectivity index (χ0) is 58.3. The second-order valence-corrected chi connectivity index (χ2v) is 23.2. The molecule has 0 saturated carbocycles. The van der Waals surface area contributed by atoms with E-state index in [0.717, 1.165) is 73.7 Å². The minimum atomic E-state index is -0.951. The summed E-state index contributed by atoms with van der Waals surface area (Å²) in [5.74, 6) is -1.17. The largest absolute Gasteiger partial charge is 0.491 e. The number of amides is 5. The Balaban J connectivity index is 0.674. The van der Waals surface area contributed by atoms with Crippen LogP contribution in [0.4, 0.5) is 21.6 Å². The average molecular weight is 1170 g/mol. The number of ether oxygens (including phenoxy) is 3. The number of fused-ring (bicyclic) bond motifs is 1. The van der Waals surface area contributed by atoms with Gasteiger partial charge in [-0.3, -0.25) is 28.9 Å². The minimum Gasteiger partial charge on any atom is -0.491 e. The fourth-order valence-electron chi connectivity index (χ4n) is 10.4. The molecule has 5 heterocycles. The summed E-state index contributed by atoms with van der Waals surface area (Å²) in [6.45, 7) is 18.3. The Kier molecular flexibility index (Phi) is 21.7. The molecule has 3 aromatic carbocycles. The van der Waals surface area contributed by atoms with E-state index in [2.05, 4.69) is 52.6 Å². The standard InChI is InChI=1S/C59H75ClFN11O9S/c1-6-51(74)67-48-32-44-47(63-36-64-56(44)66-41-12-13-46(61)45(60)30-41)33-50(48)81-25-7-18-69-19-14-42(15-20-69)70-21-23-71(24-22-70)53(76)17-27-80-29-28-79-26-16-52(75)68-55(59(3,4)5)58(78)72-35-43(73)31-49(72)57(77)62-34-39-8-10-40(11-9-39)54-38(2)65-37-82-54/h6,8-13,30,32-33,36-37,42-43,49,55,73H,1,7,14-29,31,34-35H2,2-5H3,(H,62,77)(H,67,74)(H,68,75)(H,63,64,66)/t43-,49+,55-/m1/s1. The van der Waals surface area contributed by atoms with Crippen LogP contribution in [0.25, 0.3) is 21.3 Å². The van der Waals surface area contributed by atoms with E-state index < -0.39 is 41.2 Å². The van der Waals surface area contributed by atoms with Crippen molar-refractivity contribution < 1.29 is 47.7 Å². The number of piperazine rings is 1. The van der Waals surface area contributed by atoms with Crippen molar-refractivity contribution in [3.8, 4) is 16.2 Å². The van der Waals surface area contributed by atoms with Crippen LogP contribution in [-0.2, 0) is 40.0 Å². The number of piperidine rings is 1. The van der Waals surface area contributed by atoms with Crippen molar-refractivity contribution >= 4 is 80.6 Å². The second kappa shape index (κ2) is 29.0. The number of aliphatic hydroxyl groups excluding tert-OH is 1. The number of halogens is 2. The number of carbonyl (C=O) groups is 5. The molecule has 23 heteroatoms. The zero-order valence-electron chi connectivity index (χ0n) is 47.1. The Morgan fingerprint density at radius 1 is 0.915 bits per heavy atom. The molecule has 0 spiro atoms. The summed E-state index contributed by atoms with van der Waals surface area (Å²) in [4.78, 5) is 88.6. The van der Waals surface area contributed by atoms with Gasteiger partial charge >= 0.3 is 0 Å². The quantitative estimate of drug-likeness (QED) is 0.0302. The smallest absolute Gasteiger partial charge is 0.247 e. The third-order valence-corrected chi connectivity index (χ3v) is 16.3. The first kappa shape index (κ1) is 61.4. The normalized spacial score (nSPS) is 17.6. The number of carbonyl (C=O) groups excluding carboxylic acids is 5. The summed E-state index contributed by atoms with van der Waals surface area (Å²) in [6.07, 6.45) is 4.91. The highest BCUT2D eigenvalue weighted by Crippen LogP contribution is 2.35. The van der Waals surface area contributed by atoms with Crippen molar-refractivity contribution in [3.05, 3.63) is 101 Å². The number of benzene rings is 3. The molecule has 8 rings (SSSR count). The van der Waals surface area contributed by atoms with E-state index >= 15 is 0 Å². The Morgan fingerprint density at radius 2 is 1.65 bits per heavy atom. The summed E-state index contributed by atoms with van der Waals surface area (Å²) < 4.78 is 31.4. The highest BCUT2D eigenvalue weighted by Gasteiger charge is 2.44. The van der Waals surface area contributed by atoms with E-state index in [9.17, 15) is 33.5 Å². The van der Waals surface area contributed by atoms with Crippen molar-refractivity contribution in [2.75, 3.05) is 96.0 Å². The van der Waals surface area contributed by atoms with Gasteiger partial charge in [-0.15, -0.1) is 11.3 Å². The van der Waals surface area contributed by atoms with Gasteiger partial charge in [0.2, 0.25) is 29.5 Å². The monoisotopic (exact) mass is 1170 g/mol. The van der Waals surface area contributed by atoms with E-state index in [-0.39, 0.29) is 81.5 Å². The molecular weight excluding hydrogens is 1090 g/mol. The lowest BCUT2D eigenvalue weighted by Gasteiger charge is -2.42. The fraction of sp³-hybridized carbons (Fsp3) is 0.492. The Hall–Kier alpha value is -6.66. The lowest BCUT2D eigenvalue weighted by atomic mass is 9.85. The van der Waals surface area contributed by atoms with Crippen LogP contribution in [0.15, 0.2) is 79.1 Å². The average Bonchev–Trinajstić information content (AvgIpc) is 4.14. The molecule has 20 nitrogen and oxygen atoms in total. The van der Waals surface area contributed by atoms with Gasteiger partial charge in [-0.25, -0.2) is 19.3 Å². The highest BCUT2D eigenvalue weighted by atomic mass is 35.5. The predicted molar refractivity (Wildman–Crippen MR) is 313 cm³/mol. The number of thiazole rings is 1. The number of rotatable bonds is 25. The summed E-state index contributed by atoms with van der Waals surface area (Å²) in [7, 11) is 0. The molecule has 440 valence electrons. The SMILES string of the molecule is C=CC(=O)Nc1cc2c(Nc3ccc(F)c(Cl)c3)ncnc2cc1OCCCN1CCC(N2CCN(C(=O)CCOCCOCCC(=O)N[C@H](C(=O)N3C[C@H](O)C[C@H]3C(=O)NCc3ccc(-c4scnc4C)cc3)C(C)(C)C)CC2)CC1. The molecule has 3 fully saturated rings. The molecule has 3 saturated heterocycles. The van der Waals surface area contributed by atoms with Crippen LogP contribution in [-0.4, -0.2) is 179 Å². The van der Waals surface area contributed by atoms with Gasteiger partial charge in [0.1, 0.15) is 35.8 Å². The molecular formula is C59H75ClFN11O9S. The highest BCUT2D eigenvalue weighted by molar-refractivity contribution is 7.13. The van der Waals surface area contributed by atoms with Crippen molar-refractivity contribution in [2.45, 2.75) is 97.0 Å². The summed E-state index contributed by atoms with van der Waals surface area (Å²) in [6, 6.07) is 14.2. The zero-order valence-corrected chi connectivity index (χ0v) is 48.7. The van der Waals surface area contributed by atoms with Crippen LogP contribution < -0.4 is 26.0 Å². The van der Waals surface area contributed by atoms with Crippen LogP contribution in [0.2, 0.25) is 5.02 Å². The lowest BCUT2D eigenvalue weighted by molar-refractivity contribution is -0.144. The molecule has 5 amide bonds. The molecule has 3 aliphatic heterocycles. The van der Waals surface area contributed by atoms with Crippen molar-refractivity contribution in [2.24, 2.45) is 5.41 Å². The summed E-state index contributed by atoms with van der Waals surface area (Å²) in [5.41, 5.74) is 5.55. The molecule has 0 bridgehead atoms. The first-order chi connectivity index (χ1) is 39.4. The summed E-state index contributed by atoms with van der Waals surface area (Å²) in [5, 5.41) is 23.0. The third-order valence-electron chi connectivity index (χ3n) is 15.0. The molecule has 5 aromatic rings. The first-order valence-corrected chi connectivity index (χ1v) is 29.2. The molecule has 5 N–H and O–H groups in total. The molecule has 0 aliphatic carbocycles. The van der Waals surface area contributed by atoms with E-state index in [0.29, 0.717) is 59.6 Å². The van der Waals surface area contributed by atoms with E-state index in [1.807, 2.05) is 62.4 Å². The summed E-state index contributed by atoms with van der Waals surface area (Å²) >= 11 is 7.56. The van der Waals surface area contributed by atoms with E-state index in [1.54, 1.807) is 29.5 Å². The maximum atomic E-state index is 14.0. The van der Waals surface area contributed by atoms with Crippen molar-refractivity contribution in [1.82, 2.24) is 45.2 Å². The Labute approximate surface area is 487 Å². The first-order valence-electron chi connectivity index (χ1n) is 28.0. The number of aliphatic hydroxyl groups is 1. The van der Waals surface area contributed by atoms with Crippen molar-refractivity contribution in [3.63, 3.8) is 0 Å². The number of anilines is 3. The number of β-amino-alcohol motifs (C(OH)–C–C–N with tert-alkyl or cyclic N) is 1. The number of hydrogen-bond acceptors (Lipinski definition) is 16. The minimum absolute atomic E-state index is 0.000323. The lowest BCUT2D eigenvalue weighted by Crippen LogP contribution is -2.57. The molecule has 3 aliphatic rings. The van der Waals surface area contributed by atoms with E-state index in [4.69, 9.17) is 25.8 Å². The van der Waals surface area contributed by atoms with Crippen LogP contribution in [0.1, 0.15) is 70.6 Å². The number of aryl methyl sites for hydroxylation is 1. The van der Waals surface area contributed by atoms with Crippen LogP contribution in [0.3, 0.4) is 0 Å². The topological polar surface area (TPSA) is 233 Å². The third kappa shape index (κ3) is 16.8. The van der Waals surface area contributed by atoms with Gasteiger partial charge in [0, 0.05) is 81.8 Å². The number of likely N-dealkylation sites (tertiary alicyclic amines) is 2. The van der Waals surface area contributed by atoms with Gasteiger partial charge in [-0.2, -0.15) is 0 Å². The number of hydrogen-bond donors (Lipinski definition) is 5. The number of nitrogens with zero attached hydrogens (tertiary/aromatic N) is 7. The second-order valence-electron chi connectivity index (χ2n) is 21.9. The van der Waals surface area contributed by atoms with Gasteiger partial charge < -0.3 is 55.3 Å². The van der Waals surface area contributed by atoms with Crippen molar-refractivity contribution in [1.29, 1.82) is 0 Å². The van der Waals surface area contributed by atoms with Crippen LogP contribution in [0.5, 0.6) is 5.75 Å². The molecule has 2 aromatic heterocycles. The van der Waals surface area contributed by atoms with Crippen LogP contribution >= 0.6 is 22.9 Å². The predicted octanol–water partition coefficient (Wildman–Crippen LogP) is 6.72. The van der Waals surface area contributed by atoms with Gasteiger partial charge in [0.15, 0.2) is 0 Å². The van der Waals surface area contributed by atoms with Gasteiger partial charge in [0.25, 0.3) is 0 Å². The maximum absolute atomic E-state index is 14.0. The van der Waals surface area contributed by atoms with Gasteiger partial charge in [0.05, 0.1) is 77.9 Å².